The highest BCUT2D eigenvalue weighted by Crippen LogP contribution is 2.38. The summed E-state index contributed by atoms with van der Waals surface area (Å²) >= 11 is 1.44. The second-order valence-electron chi connectivity index (χ2n) is 4.55. The molecule has 0 spiro atoms. The molecule has 0 amide bonds. The lowest BCUT2D eigenvalue weighted by molar-refractivity contribution is 0.242. The maximum atomic E-state index is 13.8. The van der Waals surface area contributed by atoms with E-state index in [4.69, 9.17) is 10.5 Å². The maximum absolute atomic E-state index is 13.8. The lowest BCUT2D eigenvalue weighted by Crippen LogP contribution is -2.24. The highest BCUT2D eigenvalue weighted by Gasteiger charge is 2.26. The topological polar surface area (TPSA) is 61.0 Å². The molecule has 2 N–H and O–H groups in total. The monoisotopic (exact) mass is 291 g/mol. The molecule has 0 saturated carbocycles. The van der Waals surface area contributed by atoms with Crippen LogP contribution in [0.4, 0.5) is 4.39 Å². The minimum atomic E-state index is -0.288. The quantitative estimate of drug-likeness (QED) is 0.694. The first-order valence-electron chi connectivity index (χ1n) is 6.28. The molecule has 1 aliphatic heterocycles. The van der Waals surface area contributed by atoms with E-state index in [1.807, 2.05) is 6.26 Å². The molecule has 104 valence electrons. The van der Waals surface area contributed by atoms with Crippen molar-refractivity contribution < 1.29 is 9.13 Å². The number of ether oxygens (including phenoxy) is 1. The second kappa shape index (κ2) is 5.38. The average Bonchev–Trinajstić information content (AvgIpc) is 2.89. The van der Waals surface area contributed by atoms with Crippen molar-refractivity contribution in [1.82, 2.24) is 9.97 Å². The van der Waals surface area contributed by atoms with E-state index in [0.29, 0.717) is 35.1 Å². The number of nitrogens with two attached hydrogens (primary N) is 1. The summed E-state index contributed by atoms with van der Waals surface area (Å²) in [6.07, 6.45) is 4.11. The fraction of sp³-hybridized carbons (Fsp3) is 0.286. The number of halogens is 1. The average molecular weight is 291 g/mol. The van der Waals surface area contributed by atoms with E-state index in [-0.39, 0.29) is 11.9 Å². The molecule has 0 saturated heterocycles. The molecule has 3 rings (SSSR count). The highest BCUT2D eigenvalue weighted by atomic mass is 32.2. The Kier molecular flexibility index (Phi) is 3.58. The molecule has 0 unspecified atom stereocenters. The number of hydrogen-bond donors (Lipinski definition) is 1. The lowest BCUT2D eigenvalue weighted by atomic mass is 10.0. The van der Waals surface area contributed by atoms with E-state index in [0.717, 1.165) is 5.56 Å². The zero-order valence-corrected chi connectivity index (χ0v) is 11.8. The Hall–Kier alpha value is -1.66. The fourth-order valence-electron chi connectivity index (χ4n) is 2.31. The zero-order valence-electron chi connectivity index (χ0n) is 11.0. The van der Waals surface area contributed by atoms with E-state index >= 15 is 0 Å². The van der Waals surface area contributed by atoms with Crippen LogP contribution in [0.1, 0.15) is 5.56 Å². The van der Waals surface area contributed by atoms with E-state index < -0.39 is 0 Å². The summed E-state index contributed by atoms with van der Waals surface area (Å²) in [5.74, 6) is 0.400. The molecule has 0 radical (unpaired) electrons. The zero-order chi connectivity index (χ0) is 14.1. The maximum Gasteiger partial charge on any atom is 0.187 e. The molecule has 2 aromatic rings. The summed E-state index contributed by atoms with van der Waals surface area (Å²) in [6, 6.07) is 4.71. The number of benzene rings is 1. The van der Waals surface area contributed by atoms with Gasteiger partial charge in [-0.05, 0) is 24.5 Å². The van der Waals surface area contributed by atoms with Crippen LogP contribution in [-0.2, 0) is 6.42 Å². The molecule has 20 heavy (non-hydrogen) atoms. The molecule has 0 fully saturated rings. The van der Waals surface area contributed by atoms with Crippen LogP contribution >= 0.6 is 11.8 Å². The van der Waals surface area contributed by atoms with Crippen molar-refractivity contribution in [1.29, 1.82) is 0 Å². The molecule has 0 bridgehead atoms. The van der Waals surface area contributed by atoms with Crippen molar-refractivity contribution in [3.05, 3.63) is 35.8 Å². The minimum Gasteiger partial charge on any atom is -0.488 e. The number of fused-ring (bicyclic) bond motifs is 1. The van der Waals surface area contributed by atoms with Crippen molar-refractivity contribution in [2.75, 3.05) is 12.8 Å². The summed E-state index contributed by atoms with van der Waals surface area (Å²) in [6.45, 7) is 0.412. The Morgan fingerprint density at radius 1 is 1.50 bits per heavy atom. The van der Waals surface area contributed by atoms with Gasteiger partial charge in [0.15, 0.2) is 5.16 Å². The number of thioether (sulfide) groups is 1. The van der Waals surface area contributed by atoms with Crippen LogP contribution in [0.3, 0.4) is 0 Å². The van der Waals surface area contributed by atoms with E-state index in [9.17, 15) is 4.39 Å². The molecule has 1 aliphatic rings. The molecule has 1 atom stereocenters. The molecule has 1 aromatic heterocycles. The normalized spacial score (nSPS) is 16.9. The Balaban J connectivity index is 2.10. The summed E-state index contributed by atoms with van der Waals surface area (Å²) in [5.41, 5.74) is 7.81. The van der Waals surface area contributed by atoms with Crippen LogP contribution in [0.2, 0.25) is 0 Å². The van der Waals surface area contributed by atoms with Crippen LogP contribution in [0, 0.1) is 5.82 Å². The molecular weight excluding hydrogens is 277 g/mol. The Morgan fingerprint density at radius 2 is 2.35 bits per heavy atom. The third-order valence-electron chi connectivity index (χ3n) is 3.22. The molecule has 0 aliphatic carbocycles. The van der Waals surface area contributed by atoms with Crippen molar-refractivity contribution >= 4 is 11.8 Å². The second-order valence-corrected chi connectivity index (χ2v) is 5.32. The lowest BCUT2D eigenvalue weighted by Gasteiger charge is -2.11. The van der Waals surface area contributed by atoms with Gasteiger partial charge in [0.2, 0.25) is 0 Å². The van der Waals surface area contributed by atoms with E-state index in [1.165, 1.54) is 23.9 Å². The molecule has 1 aromatic carbocycles. The number of rotatable bonds is 3. The van der Waals surface area contributed by atoms with Crippen molar-refractivity contribution in [3.8, 4) is 17.0 Å². The Labute approximate surface area is 120 Å². The largest absolute Gasteiger partial charge is 0.488 e. The van der Waals surface area contributed by atoms with Crippen molar-refractivity contribution in [3.63, 3.8) is 0 Å². The third-order valence-corrected chi connectivity index (χ3v) is 3.78. The van der Waals surface area contributed by atoms with Gasteiger partial charge in [0, 0.05) is 30.3 Å². The fourth-order valence-corrected chi connectivity index (χ4v) is 2.66. The summed E-state index contributed by atoms with van der Waals surface area (Å²) in [5, 5.41) is 0.647. The van der Waals surface area contributed by atoms with Crippen molar-refractivity contribution in [2.24, 2.45) is 5.73 Å². The predicted molar refractivity (Wildman–Crippen MR) is 76.4 cm³/mol. The number of hydrogen-bond acceptors (Lipinski definition) is 5. The van der Waals surface area contributed by atoms with Crippen LogP contribution in [-0.4, -0.2) is 28.9 Å². The standard InChI is InChI=1S/C14H14FN3OS/c1-20-14-17-3-2-12(18-14)11-6-9(15)4-8-5-10(7-16)19-13(8)11/h2-4,6,10H,5,7,16H2,1H3/t10-/m0/s1. The Morgan fingerprint density at radius 3 is 3.10 bits per heavy atom. The Bertz CT molecular complexity index is 650. The van der Waals surface area contributed by atoms with Crippen molar-refractivity contribution in [2.45, 2.75) is 17.7 Å². The van der Waals surface area contributed by atoms with Crippen LogP contribution < -0.4 is 10.5 Å². The van der Waals surface area contributed by atoms with E-state index in [1.54, 1.807) is 12.3 Å². The highest BCUT2D eigenvalue weighted by molar-refractivity contribution is 7.98. The van der Waals surface area contributed by atoms with E-state index in [2.05, 4.69) is 9.97 Å². The third kappa shape index (κ3) is 2.36. The van der Waals surface area contributed by atoms with Gasteiger partial charge in [-0.3, -0.25) is 0 Å². The van der Waals surface area contributed by atoms with Crippen LogP contribution in [0.15, 0.2) is 29.6 Å². The summed E-state index contributed by atoms with van der Waals surface area (Å²) in [4.78, 5) is 8.53. The smallest absolute Gasteiger partial charge is 0.187 e. The van der Waals surface area contributed by atoms with Gasteiger partial charge < -0.3 is 10.5 Å². The van der Waals surface area contributed by atoms with Gasteiger partial charge in [0.1, 0.15) is 17.7 Å². The summed E-state index contributed by atoms with van der Waals surface area (Å²) in [7, 11) is 0. The van der Waals surface area contributed by atoms with Gasteiger partial charge in [-0.25, -0.2) is 14.4 Å². The van der Waals surface area contributed by atoms with Gasteiger partial charge in [0.05, 0.1) is 5.69 Å². The van der Waals surface area contributed by atoms with Gasteiger partial charge in [-0.15, -0.1) is 0 Å². The van der Waals surface area contributed by atoms with Crippen LogP contribution in [0.5, 0.6) is 5.75 Å². The molecule has 4 nitrogen and oxygen atoms in total. The first-order valence-corrected chi connectivity index (χ1v) is 7.50. The number of nitrogens with zero attached hydrogens (tertiary/aromatic N) is 2. The molecule has 6 heteroatoms. The molecular formula is C14H14FN3OS. The van der Waals surface area contributed by atoms with Crippen LogP contribution in [0.25, 0.3) is 11.3 Å². The number of aromatic nitrogens is 2. The van der Waals surface area contributed by atoms with Gasteiger partial charge in [0.25, 0.3) is 0 Å². The van der Waals surface area contributed by atoms with Gasteiger partial charge in [-0.1, -0.05) is 11.8 Å². The SMILES string of the molecule is CSc1nccc(-c2cc(F)cc3c2O[C@H](CN)C3)n1. The first kappa shape index (κ1) is 13.3. The van der Waals surface area contributed by atoms with Gasteiger partial charge >= 0.3 is 0 Å². The van der Waals surface area contributed by atoms with Gasteiger partial charge in [-0.2, -0.15) is 0 Å². The first-order chi connectivity index (χ1) is 9.71. The predicted octanol–water partition coefficient (Wildman–Crippen LogP) is 2.27. The molecule has 2 heterocycles. The minimum absolute atomic E-state index is 0.0904. The summed E-state index contributed by atoms with van der Waals surface area (Å²) < 4.78 is 19.6.